The van der Waals surface area contributed by atoms with Crippen molar-refractivity contribution in [2.75, 3.05) is 7.05 Å². The summed E-state index contributed by atoms with van der Waals surface area (Å²) in [6.45, 7) is 0. The van der Waals surface area contributed by atoms with Crippen LogP contribution in [0.2, 0.25) is 0 Å². The van der Waals surface area contributed by atoms with Crippen LogP contribution < -0.4 is 11.1 Å². The van der Waals surface area contributed by atoms with E-state index in [1.54, 1.807) is 4.90 Å². The molecule has 2 amide bonds. The first-order valence-corrected chi connectivity index (χ1v) is 10.2. The average molecular weight is 411 g/mol. The third-order valence-corrected chi connectivity index (χ3v) is 6.34. The molecule has 0 bridgehead atoms. The Bertz CT molecular complexity index is 724. The van der Waals surface area contributed by atoms with E-state index in [2.05, 4.69) is 5.32 Å². The fraction of sp³-hybridized carbons (Fsp3) is 0.619. The maximum Gasteiger partial charge on any atom is 0.416 e. The largest absolute Gasteiger partial charge is 0.416 e. The van der Waals surface area contributed by atoms with Crippen molar-refractivity contribution in [2.24, 2.45) is 11.7 Å². The van der Waals surface area contributed by atoms with Crippen LogP contribution in [0.15, 0.2) is 24.3 Å². The molecule has 1 aromatic carbocycles. The van der Waals surface area contributed by atoms with Crippen molar-refractivity contribution in [3.8, 4) is 0 Å². The van der Waals surface area contributed by atoms with Crippen molar-refractivity contribution in [1.29, 1.82) is 0 Å². The van der Waals surface area contributed by atoms with Crippen molar-refractivity contribution in [2.45, 2.75) is 69.2 Å². The quantitative estimate of drug-likeness (QED) is 0.780. The Morgan fingerprint density at radius 1 is 1.07 bits per heavy atom. The molecule has 0 saturated heterocycles. The van der Waals surface area contributed by atoms with Gasteiger partial charge in [0.2, 0.25) is 5.91 Å². The molecule has 5 nitrogen and oxygen atoms in total. The first-order chi connectivity index (χ1) is 13.7. The van der Waals surface area contributed by atoms with Gasteiger partial charge in [-0.2, -0.15) is 13.2 Å². The molecule has 3 N–H and O–H groups in total. The number of amides is 2. The van der Waals surface area contributed by atoms with Crippen molar-refractivity contribution in [3.05, 3.63) is 35.4 Å². The number of nitrogens with zero attached hydrogens (tertiary/aromatic N) is 1. The molecule has 0 unspecified atom stereocenters. The normalized spacial score (nSPS) is 23.8. The molecule has 8 heteroatoms. The van der Waals surface area contributed by atoms with Crippen LogP contribution in [-0.4, -0.2) is 41.9 Å². The van der Waals surface area contributed by atoms with Gasteiger partial charge in [-0.1, -0.05) is 0 Å². The van der Waals surface area contributed by atoms with Crippen LogP contribution in [0.3, 0.4) is 0 Å². The van der Waals surface area contributed by atoms with Crippen molar-refractivity contribution < 1.29 is 22.8 Å². The number of nitrogens with one attached hydrogen (secondary N) is 1. The summed E-state index contributed by atoms with van der Waals surface area (Å²) in [6, 6.07) is 3.93. The van der Waals surface area contributed by atoms with Gasteiger partial charge in [0, 0.05) is 24.7 Å². The highest BCUT2D eigenvalue weighted by atomic mass is 19.4. The SMILES string of the molecule is CN(C(=O)[C@@H](N)C1CCC(NC(=O)c2ccc(C(F)(F)F)cc2)CC1)C1CCC1. The summed E-state index contributed by atoms with van der Waals surface area (Å²) in [5, 5.41) is 2.88. The van der Waals surface area contributed by atoms with Crippen LogP contribution >= 0.6 is 0 Å². The third-order valence-electron chi connectivity index (χ3n) is 6.34. The predicted octanol–water partition coefficient (Wildman–Crippen LogP) is 3.33. The molecule has 0 aromatic heterocycles. The molecule has 29 heavy (non-hydrogen) atoms. The Morgan fingerprint density at radius 2 is 1.66 bits per heavy atom. The second-order valence-electron chi connectivity index (χ2n) is 8.22. The van der Waals surface area contributed by atoms with Crippen LogP contribution in [0.25, 0.3) is 0 Å². The van der Waals surface area contributed by atoms with Crippen molar-refractivity contribution in [1.82, 2.24) is 10.2 Å². The topological polar surface area (TPSA) is 75.4 Å². The summed E-state index contributed by atoms with van der Waals surface area (Å²) in [5.74, 6) is -0.302. The Kier molecular flexibility index (Phi) is 6.51. The second-order valence-corrected chi connectivity index (χ2v) is 8.22. The van der Waals surface area contributed by atoms with Crippen LogP contribution in [0.4, 0.5) is 13.2 Å². The molecule has 0 radical (unpaired) electrons. The molecule has 0 spiro atoms. The minimum absolute atomic E-state index is 0.00746. The lowest BCUT2D eigenvalue weighted by Crippen LogP contribution is -2.52. The Hall–Kier alpha value is -2.09. The Labute approximate surface area is 168 Å². The van der Waals surface area contributed by atoms with E-state index in [0.717, 1.165) is 44.2 Å². The van der Waals surface area contributed by atoms with Gasteiger partial charge in [-0.05, 0) is 75.1 Å². The molecule has 1 atom stereocenters. The number of nitrogens with two attached hydrogens (primary N) is 1. The van der Waals surface area contributed by atoms with E-state index in [4.69, 9.17) is 5.73 Å². The van der Waals surface area contributed by atoms with Crippen LogP contribution in [0, 0.1) is 5.92 Å². The lowest BCUT2D eigenvalue weighted by atomic mass is 9.80. The molecule has 2 aliphatic carbocycles. The Balaban J connectivity index is 1.47. The number of benzene rings is 1. The Morgan fingerprint density at radius 3 is 2.14 bits per heavy atom. The number of likely N-dealkylation sites (N-methyl/N-ethyl adjacent to an activating group) is 1. The predicted molar refractivity (Wildman–Crippen MR) is 103 cm³/mol. The number of carbonyl (C=O) groups excluding carboxylic acids is 2. The van der Waals surface area contributed by atoms with Gasteiger partial charge >= 0.3 is 6.18 Å². The maximum atomic E-state index is 12.6. The molecular weight excluding hydrogens is 383 g/mol. The summed E-state index contributed by atoms with van der Waals surface area (Å²) in [7, 11) is 1.82. The van der Waals surface area contributed by atoms with Gasteiger partial charge in [0.15, 0.2) is 0 Å². The van der Waals surface area contributed by atoms with Gasteiger partial charge in [0.05, 0.1) is 11.6 Å². The number of alkyl halides is 3. The van der Waals surface area contributed by atoms with E-state index >= 15 is 0 Å². The summed E-state index contributed by atoms with van der Waals surface area (Å²) >= 11 is 0. The fourth-order valence-electron chi connectivity index (χ4n) is 4.09. The van der Waals surface area contributed by atoms with Crippen LogP contribution in [0.5, 0.6) is 0 Å². The molecule has 2 fully saturated rings. The molecule has 160 valence electrons. The lowest BCUT2D eigenvalue weighted by molar-refractivity contribution is -0.138. The molecular formula is C21H28F3N3O2. The summed E-state index contributed by atoms with van der Waals surface area (Å²) < 4.78 is 37.9. The highest BCUT2D eigenvalue weighted by Gasteiger charge is 2.35. The third kappa shape index (κ3) is 5.10. The first kappa shape index (κ1) is 21.6. The van der Waals surface area contributed by atoms with Crippen molar-refractivity contribution in [3.63, 3.8) is 0 Å². The summed E-state index contributed by atoms with van der Waals surface area (Å²) in [4.78, 5) is 26.7. The van der Waals surface area contributed by atoms with E-state index in [0.29, 0.717) is 18.9 Å². The highest BCUT2D eigenvalue weighted by molar-refractivity contribution is 5.94. The zero-order valence-electron chi connectivity index (χ0n) is 16.5. The van der Waals surface area contributed by atoms with E-state index in [-0.39, 0.29) is 29.3 Å². The summed E-state index contributed by atoms with van der Waals surface area (Å²) in [5.41, 5.74) is 5.65. The highest BCUT2D eigenvalue weighted by Crippen LogP contribution is 2.31. The van der Waals surface area contributed by atoms with Gasteiger partial charge in [0.25, 0.3) is 5.91 Å². The van der Waals surface area contributed by atoms with Gasteiger partial charge in [-0.25, -0.2) is 0 Å². The zero-order valence-corrected chi connectivity index (χ0v) is 16.5. The van der Waals surface area contributed by atoms with Crippen molar-refractivity contribution >= 4 is 11.8 Å². The van der Waals surface area contributed by atoms with E-state index in [1.807, 2.05) is 7.05 Å². The number of hydrogen-bond donors (Lipinski definition) is 2. The molecule has 2 saturated carbocycles. The maximum absolute atomic E-state index is 12.6. The van der Waals surface area contributed by atoms with Gasteiger partial charge in [-0.3, -0.25) is 9.59 Å². The smallest absolute Gasteiger partial charge is 0.349 e. The van der Waals surface area contributed by atoms with E-state index < -0.39 is 17.8 Å². The minimum atomic E-state index is -4.42. The lowest BCUT2D eigenvalue weighted by Gasteiger charge is -2.38. The molecule has 1 aromatic rings. The number of hydrogen-bond acceptors (Lipinski definition) is 3. The first-order valence-electron chi connectivity index (χ1n) is 10.2. The van der Waals surface area contributed by atoms with Crippen LogP contribution in [-0.2, 0) is 11.0 Å². The molecule has 3 rings (SSSR count). The number of halogens is 3. The van der Waals surface area contributed by atoms with Gasteiger partial charge in [0.1, 0.15) is 0 Å². The molecule has 2 aliphatic rings. The minimum Gasteiger partial charge on any atom is -0.349 e. The molecule has 0 aliphatic heterocycles. The van der Waals surface area contributed by atoms with E-state index in [1.165, 1.54) is 12.1 Å². The van der Waals surface area contributed by atoms with Crippen LogP contribution in [0.1, 0.15) is 60.9 Å². The fourth-order valence-corrected chi connectivity index (χ4v) is 4.09. The average Bonchev–Trinajstić information content (AvgIpc) is 2.65. The second kappa shape index (κ2) is 8.73. The molecule has 0 heterocycles. The van der Waals surface area contributed by atoms with Gasteiger partial charge in [-0.15, -0.1) is 0 Å². The van der Waals surface area contributed by atoms with Gasteiger partial charge < -0.3 is 16.0 Å². The summed E-state index contributed by atoms with van der Waals surface area (Å²) in [6.07, 6.45) is 1.69. The monoisotopic (exact) mass is 411 g/mol. The zero-order chi connectivity index (χ0) is 21.2. The number of carbonyl (C=O) groups is 2. The number of rotatable bonds is 5. The standard InChI is InChI=1S/C21H28F3N3O2/c1-27(17-3-2-4-17)20(29)18(25)13-7-11-16(12-8-13)26-19(28)14-5-9-15(10-6-14)21(22,23)24/h5-6,9-10,13,16-18H,2-4,7-8,11-12,25H2,1H3,(H,26,28)/t13?,16?,18-/m0/s1. The van der Waals surface area contributed by atoms with E-state index in [9.17, 15) is 22.8 Å².